The second-order valence-corrected chi connectivity index (χ2v) is 8.05. The summed E-state index contributed by atoms with van der Waals surface area (Å²) in [5.74, 6) is 1.06. The number of anilines is 1. The number of amides is 1. The number of hydrogen-bond acceptors (Lipinski definition) is 5. The second kappa shape index (κ2) is 6.68. The third kappa shape index (κ3) is 3.79. The maximum absolute atomic E-state index is 12.3. The van der Waals surface area contributed by atoms with E-state index in [0.29, 0.717) is 19.0 Å². The van der Waals surface area contributed by atoms with Gasteiger partial charge >= 0.3 is 6.09 Å². The topological polar surface area (TPSA) is 58.6 Å². The van der Waals surface area contributed by atoms with Crippen molar-refractivity contribution in [3.8, 4) is 11.4 Å². The minimum Gasteiger partial charge on any atom is -0.444 e. The van der Waals surface area contributed by atoms with Crippen molar-refractivity contribution in [3.05, 3.63) is 54.5 Å². The van der Waals surface area contributed by atoms with Crippen LogP contribution in [-0.4, -0.2) is 46.2 Å². The van der Waals surface area contributed by atoms with Gasteiger partial charge in [-0.1, -0.05) is 30.3 Å². The number of likely N-dealkylation sites (tertiary alicyclic amines) is 1. The molecule has 6 nitrogen and oxygen atoms in total. The van der Waals surface area contributed by atoms with Crippen molar-refractivity contribution in [2.75, 3.05) is 24.5 Å². The summed E-state index contributed by atoms with van der Waals surface area (Å²) >= 11 is 0. The molecule has 2 aliphatic heterocycles. The van der Waals surface area contributed by atoms with E-state index in [1.807, 2.05) is 63.5 Å². The third-order valence-electron chi connectivity index (χ3n) is 4.73. The molecule has 1 saturated heterocycles. The normalized spacial score (nSPS) is 19.1. The maximum atomic E-state index is 12.3. The van der Waals surface area contributed by atoms with Crippen LogP contribution in [0.4, 0.5) is 10.5 Å². The molecule has 1 aromatic carbocycles. The lowest BCUT2D eigenvalue weighted by Gasteiger charge is -2.25. The zero-order chi connectivity index (χ0) is 19.0. The summed E-state index contributed by atoms with van der Waals surface area (Å²) < 4.78 is 5.48. The largest absolute Gasteiger partial charge is 0.444 e. The van der Waals surface area contributed by atoms with Gasteiger partial charge in [-0.25, -0.2) is 14.8 Å². The van der Waals surface area contributed by atoms with E-state index in [0.717, 1.165) is 23.6 Å². The van der Waals surface area contributed by atoms with Gasteiger partial charge in [0.25, 0.3) is 0 Å². The van der Waals surface area contributed by atoms with Crippen LogP contribution in [0.2, 0.25) is 0 Å². The predicted molar refractivity (Wildman–Crippen MR) is 104 cm³/mol. The molecule has 0 spiro atoms. The zero-order valence-electron chi connectivity index (χ0n) is 15.9. The molecule has 0 bridgehead atoms. The lowest BCUT2D eigenvalue weighted by molar-refractivity contribution is 0.0291. The first kappa shape index (κ1) is 17.5. The highest BCUT2D eigenvalue weighted by Gasteiger charge is 2.37. The van der Waals surface area contributed by atoms with E-state index < -0.39 is 5.60 Å². The lowest BCUT2D eigenvalue weighted by atomic mass is 10.1. The summed E-state index contributed by atoms with van der Waals surface area (Å²) in [4.78, 5) is 25.2. The first-order valence-corrected chi connectivity index (χ1v) is 9.22. The number of hydrogen-bond donors (Lipinski definition) is 0. The first-order chi connectivity index (χ1) is 12.9. The standard InChI is InChI=1S/C21H24N4O2/c1-21(2,3)27-20(26)25-13-16-11-24(12-17(16)14-25)18-9-22-19(23-10-18)15-7-5-4-6-8-15/h4-11,17H,12-14H2,1-3H3. The smallest absolute Gasteiger partial charge is 0.410 e. The molecule has 2 aliphatic rings. The van der Waals surface area contributed by atoms with Crippen LogP contribution in [0.1, 0.15) is 20.8 Å². The van der Waals surface area contributed by atoms with Crippen molar-refractivity contribution in [1.82, 2.24) is 14.9 Å². The van der Waals surface area contributed by atoms with E-state index in [2.05, 4.69) is 21.1 Å². The van der Waals surface area contributed by atoms with Gasteiger partial charge in [0.2, 0.25) is 0 Å². The Kier molecular flexibility index (Phi) is 4.34. The lowest BCUT2D eigenvalue weighted by Crippen LogP contribution is -2.36. The van der Waals surface area contributed by atoms with Gasteiger partial charge in [0.15, 0.2) is 5.82 Å². The highest BCUT2D eigenvalue weighted by atomic mass is 16.6. The van der Waals surface area contributed by atoms with Gasteiger partial charge < -0.3 is 14.5 Å². The van der Waals surface area contributed by atoms with E-state index in [1.165, 1.54) is 5.57 Å². The molecule has 1 atom stereocenters. The van der Waals surface area contributed by atoms with Crippen LogP contribution in [-0.2, 0) is 4.74 Å². The minimum absolute atomic E-state index is 0.236. The molecule has 2 aromatic rings. The molecular weight excluding hydrogens is 340 g/mol. The Bertz CT molecular complexity index is 856. The van der Waals surface area contributed by atoms with Gasteiger partial charge in [0.1, 0.15) is 5.60 Å². The van der Waals surface area contributed by atoms with Crippen LogP contribution in [0.5, 0.6) is 0 Å². The van der Waals surface area contributed by atoms with Crippen LogP contribution in [0.3, 0.4) is 0 Å². The van der Waals surface area contributed by atoms with Gasteiger partial charge in [0.05, 0.1) is 18.1 Å². The summed E-state index contributed by atoms with van der Waals surface area (Å²) in [5.41, 5.74) is 2.77. The van der Waals surface area contributed by atoms with Gasteiger partial charge in [-0.2, -0.15) is 0 Å². The van der Waals surface area contributed by atoms with Crippen molar-refractivity contribution in [2.45, 2.75) is 26.4 Å². The number of benzene rings is 1. The summed E-state index contributed by atoms with van der Waals surface area (Å²) in [6.45, 7) is 7.83. The van der Waals surface area contributed by atoms with Gasteiger partial charge in [-0.05, 0) is 26.3 Å². The summed E-state index contributed by atoms with van der Waals surface area (Å²) in [7, 11) is 0. The molecule has 0 radical (unpaired) electrons. The quantitative estimate of drug-likeness (QED) is 0.813. The average Bonchev–Trinajstić information content (AvgIpc) is 3.20. The summed E-state index contributed by atoms with van der Waals surface area (Å²) in [5, 5.41) is 0. The van der Waals surface area contributed by atoms with Crippen molar-refractivity contribution in [2.24, 2.45) is 5.92 Å². The molecule has 0 saturated carbocycles. The molecule has 1 fully saturated rings. The molecule has 0 aliphatic carbocycles. The number of carbonyl (C=O) groups excluding carboxylic acids is 1. The predicted octanol–water partition coefficient (Wildman–Crippen LogP) is 3.71. The van der Waals surface area contributed by atoms with Crippen LogP contribution in [0.25, 0.3) is 11.4 Å². The summed E-state index contributed by atoms with van der Waals surface area (Å²) in [6, 6.07) is 9.95. The average molecular weight is 364 g/mol. The Morgan fingerprint density at radius 2 is 1.81 bits per heavy atom. The van der Waals surface area contributed by atoms with Crippen LogP contribution >= 0.6 is 0 Å². The van der Waals surface area contributed by atoms with Crippen molar-refractivity contribution >= 4 is 11.8 Å². The number of nitrogens with zero attached hydrogens (tertiary/aromatic N) is 4. The fourth-order valence-electron chi connectivity index (χ4n) is 3.46. The van der Waals surface area contributed by atoms with E-state index in [-0.39, 0.29) is 6.09 Å². The molecule has 3 heterocycles. The van der Waals surface area contributed by atoms with E-state index in [9.17, 15) is 4.79 Å². The van der Waals surface area contributed by atoms with Gasteiger partial charge in [-0.3, -0.25) is 0 Å². The van der Waals surface area contributed by atoms with Crippen LogP contribution < -0.4 is 4.90 Å². The highest BCUT2D eigenvalue weighted by molar-refractivity contribution is 5.70. The molecule has 4 rings (SSSR count). The number of fused-ring (bicyclic) bond motifs is 1. The van der Waals surface area contributed by atoms with E-state index in [4.69, 9.17) is 4.74 Å². The Balaban J connectivity index is 1.43. The SMILES string of the molecule is CC(C)(C)OC(=O)N1CC2=CN(c3cnc(-c4ccccc4)nc3)CC2C1. The first-order valence-electron chi connectivity index (χ1n) is 9.22. The fourth-order valence-corrected chi connectivity index (χ4v) is 3.46. The molecule has 27 heavy (non-hydrogen) atoms. The zero-order valence-corrected chi connectivity index (χ0v) is 15.9. The van der Waals surface area contributed by atoms with E-state index >= 15 is 0 Å². The van der Waals surface area contributed by atoms with Crippen molar-refractivity contribution in [1.29, 1.82) is 0 Å². The number of ether oxygens (including phenoxy) is 1. The molecule has 140 valence electrons. The number of carbonyl (C=O) groups is 1. The van der Waals surface area contributed by atoms with Crippen LogP contribution in [0, 0.1) is 5.92 Å². The minimum atomic E-state index is -0.465. The molecule has 0 N–H and O–H groups in total. The second-order valence-electron chi connectivity index (χ2n) is 8.05. The Labute approximate surface area is 159 Å². The number of aromatic nitrogens is 2. The maximum Gasteiger partial charge on any atom is 0.410 e. The molecule has 1 amide bonds. The van der Waals surface area contributed by atoms with Gasteiger partial charge in [-0.15, -0.1) is 0 Å². The molecule has 1 unspecified atom stereocenters. The summed E-state index contributed by atoms with van der Waals surface area (Å²) in [6.07, 6.45) is 5.61. The fraction of sp³-hybridized carbons (Fsp3) is 0.381. The third-order valence-corrected chi connectivity index (χ3v) is 4.73. The van der Waals surface area contributed by atoms with Crippen molar-refractivity contribution < 1.29 is 9.53 Å². The Hall–Kier alpha value is -2.89. The number of rotatable bonds is 2. The van der Waals surface area contributed by atoms with E-state index in [1.54, 1.807) is 4.90 Å². The molecular formula is C21H24N4O2. The molecule has 6 heteroatoms. The van der Waals surface area contributed by atoms with Crippen LogP contribution in [0.15, 0.2) is 54.5 Å². The monoisotopic (exact) mass is 364 g/mol. The molecule has 1 aromatic heterocycles. The Morgan fingerprint density at radius 3 is 2.44 bits per heavy atom. The van der Waals surface area contributed by atoms with Crippen molar-refractivity contribution in [3.63, 3.8) is 0 Å². The Morgan fingerprint density at radius 1 is 1.11 bits per heavy atom. The van der Waals surface area contributed by atoms with Gasteiger partial charge in [0, 0.05) is 37.3 Å². The highest BCUT2D eigenvalue weighted by Crippen LogP contribution is 2.33.